The number of piperidine rings is 1. The molecule has 0 radical (unpaired) electrons. The number of aromatic nitrogens is 4. The minimum Gasteiger partial charge on any atom is -0.474 e. The molecule has 2 aliphatic heterocycles. The highest BCUT2D eigenvalue weighted by molar-refractivity contribution is 7.90. The second-order valence-electron chi connectivity index (χ2n) is 10.1. The molecular formula is C26H31FN6O3S. The van der Waals surface area contributed by atoms with E-state index in [1.165, 1.54) is 18.5 Å². The summed E-state index contributed by atoms with van der Waals surface area (Å²) in [5, 5.41) is 0. The van der Waals surface area contributed by atoms with Gasteiger partial charge in [0.2, 0.25) is 11.8 Å². The van der Waals surface area contributed by atoms with Crippen LogP contribution in [0.5, 0.6) is 5.88 Å². The van der Waals surface area contributed by atoms with E-state index >= 15 is 0 Å². The van der Waals surface area contributed by atoms with Crippen molar-refractivity contribution in [2.24, 2.45) is 5.92 Å². The van der Waals surface area contributed by atoms with Gasteiger partial charge in [0, 0.05) is 51.1 Å². The number of hydrogen-bond acceptors (Lipinski definition) is 9. The third-order valence-corrected chi connectivity index (χ3v) is 7.81. The lowest BCUT2D eigenvalue weighted by Gasteiger charge is -2.32. The molecule has 196 valence electrons. The number of ether oxygens (including phenoxy) is 1. The van der Waals surface area contributed by atoms with Gasteiger partial charge in [0.05, 0.1) is 16.1 Å². The van der Waals surface area contributed by atoms with Crippen LogP contribution in [0.15, 0.2) is 41.8 Å². The highest BCUT2D eigenvalue weighted by Gasteiger charge is 2.30. The number of hydrogen-bond donors (Lipinski definition) is 0. The number of anilines is 3. The molecule has 0 unspecified atom stereocenters. The summed E-state index contributed by atoms with van der Waals surface area (Å²) in [4.78, 5) is 21.7. The fourth-order valence-corrected chi connectivity index (χ4v) is 5.49. The first-order chi connectivity index (χ1) is 17.7. The minimum absolute atomic E-state index is 0.00436. The molecule has 0 bridgehead atoms. The van der Waals surface area contributed by atoms with Gasteiger partial charge in [-0.2, -0.15) is 0 Å². The van der Waals surface area contributed by atoms with Gasteiger partial charge in [-0.05, 0) is 42.5 Å². The van der Waals surface area contributed by atoms with Crippen molar-refractivity contribution in [1.29, 1.82) is 0 Å². The van der Waals surface area contributed by atoms with Crippen LogP contribution < -0.4 is 14.5 Å². The largest absolute Gasteiger partial charge is 0.474 e. The number of halogens is 1. The molecule has 9 nitrogen and oxygen atoms in total. The van der Waals surface area contributed by atoms with Crippen LogP contribution in [0.2, 0.25) is 0 Å². The predicted octanol–water partition coefficient (Wildman–Crippen LogP) is 3.75. The van der Waals surface area contributed by atoms with Crippen LogP contribution in [-0.4, -0.2) is 60.3 Å². The summed E-state index contributed by atoms with van der Waals surface area (Å²) in [6, 6.07) is 3.95. The van der Waals surface area contributed by atoms with E-state index in [0.717, 1.165) is 61.7 Å². The average molecular weight is 527 g/mol. The van der Waals surface area contributed by atoms with Gasteiger partial charge in [0.25, 0.3) is 0 Å². The van der Waals surface area contributed by atoms with E-state index in [9.17, 15) is 12.8 Å². The summed E-state index contributed by atoms with van der Waals surface area (Å²) >= 11 is 0. The summed E-state index contributed by atoms with van der Waals surface area (Å²) in [7, 11) is -3.49. The van der Waals surface area contributed by atoms with Crippen LogP contribution in [0.1, 0.15) is 37.8 Å². The van der Waals surface area contributed by atoms with Crippen molar-refractivity contribution in [2.75, 3.05) is 35.7 Å². The Kier molecular flexibility index (Phi) is 6.98. The molecule has 0 spiro atoms. The van der Waals surface area contributed by atoms with Crippen molar-refractivity contribution in [3.63, 3.8) is 0 Å². The fourth-order valence-electron chi connectivity index (χ4n) is 4.86. The first-order valence-corrected chi connectivity index (χ1v) is 14.4. The van der Waals surface area contributed by atoms with E-state index in [1.54, 1.807) is 4.90 Å². The van der Waals surface area contributed by atoms with E-state index in [4.69, 9.17) is 4.74 Å². The van der Waals surface area contributed by atoms with E-state index in [-0.39, 0.29) is 16.7 Å². The van der Waals surface area contributed by atoms with Gasteiger partial charge in [-0.1, -0.05) is 13.8 Å². The average Bonchev–Trinajstić information content (AvgIpc) is 3.29. The zero-order valence-corrected chi connectivity index (χ0v) is 22.1. The van der Waals surface area contributed by atoms with Crippen molar-refractivity contribution in [3.8, 4) is 5.88 Å². The second-order valence-corrected chi connectivity index (χ2v) is 12.1. The molecule has 0 atom stereocenters. The molecule has 11 heteroatoms. The van der Waals surface area contributed by atoms with E-state index in [0.29, 0.717) is 30.6 Å². The lowest BCUT2D eigenvalue weighted by molar-refractivity contribution is 0.162. The Labute approximate surface area is 216 Å². The minimum atomic E-state index is -3.49. The van der Waals surface area contributed by atoms with Crippen molar-refractivity contribution in [1.82, 2.24) is 19.9 Å². The highest BCUT2D eigenvalue weighted by Crippen LogP contribution is 2.38. The van der Waals surface area contributed by atoms with E-state index in [1.807, 2.05) is 12.4 Å². The Balaban J connectivity index is 1.25. The third kappa shape index (κ3) is 5.51. The maximum Gasteiger partial charge on any atom is 0.225 e. The molecular weight excluding hydrogens is 495 g/mol. The first kappa shape index (κ1) is 25.3. The van der Waals surface area contributed by atoms with Crippen molar-refractivity contribution >= 4 is 27.3 Å². The molecule has 37 heavy (non-hydrogen) atoms. The molecule has 0 N–H and O–H groups in total. The predicted molar refractivity (Wildman–Crippen MR) is 139 cm³/mol. The van der Waals surface area contributed by atoms with Crippen LogP contribution in [-0.2, 0) is 22.7 Å². The van der Waals surface area contributed by atoms with Gasteiger partial charge in [-0.15, -0.1) is 0 Å². The van der Waals surface area contributed by atoms with Crippen LogP contribution in [0.25, 0.3) is 0 Å². The van der Waals surface area contributed by atoms with Crippen LogP contribution in [0.4, 0.5) is 21.8 Å². The molecule has 0 amide bonds. The lowest BCUT2D eigenvalue weighted by Crippen LogP contribution is -2.39. The molecule has 1 fully saturated rings. The summed E-state index contributed by atoms with van der Waals surface area (Å²) in [6.07, 6.45) is 9.50. The molecule has 0 aliphatic carbocycles. The van der Waals surface area contributed by atoms with Crippen LogP contribution >= 0.6 is 0 Å². The molecule has 1 saturated heterocycles. The second kappa shape index (κ2) is 10.2. The molecule has 5 rings (SSSR count). The maximum absolute atomic E-state index is 14.9. The Morgan fingerprint density at radius 2 is 1.81 bits per heavy atom. The molecule has 0 saturated carbocycles. The van der Waals surface area contributed by atoms with Gasteiger partial charge >= 0.3 is 0 Å². The van der Waals surface area contributed by atoms with E-state index < -0.39 is 15.7 Å². The van der Waals surface area contributed by atoms with Crippen LogP contribution in [0, 0.1) is 11.7 Å². The fraction of sp³-hybridized carbons (Fsp3) is 0.462. The SMILES string of the molecule is CC(C)Cc1cnc(N2CCC(Oc3ncnc4c3CCN4c3ccc(S(C)(=O)=O)cc3F)CC2)nc1. The smallest absolute Gasteiger partial charge is 0.225 e. The zero-order chi connectivity index (χ0) is 26.2. The Morgan fingerprint density at radius 3 is 2.46 bits per heavy atom. The highest BCUT2D eigenvalue weighted by atomic mass is 32.2. The quantitative estimate of drug-likeness (QED) is 0.455. The van der Waals surface area contributed by atoms with Crippen molar-refractivity contribution < 1.29 is 17.5 Å². The van der Waals surface area contributed by atoms with Gasteiger partial charge in [0.15, 0.2) is 9.84 Å². The maximum atomic E-state index is 14.9. The van der Waals surface area contributed by atoms with E-state index in [2.05, 4.69) is 38.7 Å². The first-order valence-electron chi connectivity index (χ1n) is 12.5. The standard InChI is InChI=1S/C26H31FN6O3S/c1-17(2)12-18-14-28-26(29-15-18)32-9-6-19(7-10-32)36-25-21-8-11-33(24(21)30-16-31-25)23-5-4-20(13-22(23)27)37(3,34)35/h4-5,13-17,19H,6-12H2,1-3H3. The number of benzene rings is 1. The summed E-state index contributed by atoms with van der Waals surface area (Å²) in [5.74, 6) is 1.81. The summed E-state index contributed by atoms with van der Waals surface area (Å²) in [6.45, 7) is 6.43. The topological polar surface area (TPSA) is 101 Å². The molecule has 4 heterocycles. The Morgan fingerprint density at radius 1 is 1.08 bits per heavy atom. The summed E-state index contributed by atoms with van der Waals surface area (Å²) in [5.41, 5.74) is 2.26. The number of rotatable bonds is 7. The van der Waals surface area contributed by atoms with Crippen molar-refractivity contribution in [3.05, 3.63) is 53.9 Å². The molecule has 2 aliphatic rings. The Hall–Kier alpha value is -3.34. The number of fused-ring (bicyclic) bond motifs is 1. The normalized spacial score (nSPS) is 16.4. The number of nitrogens with zero attached hydrogens (tertiary/aromatic N) is 6. The lowest BCUT2D eigenvalue weighted by atomic mass is 10.1. The van der Waals surface area contributed by atoms with Gasteiger partial charge in [-0.3, -0.25) is 0 Å². The summed E-state index contributed by atoms with van der Waals surface area (Å²) < 4.78 is 44.7. The van der Waals surface area contributed by atoms with Gasteiger partial charge in [0.1, 0.15) is 24.1 Å². The molecule has 2 aromatic heterocycles. The Bertz CT molecular complexity index is 1380. The molecule has 1 aromatic carbocycles. The van der Waals surface area contributed by atoms with Gasteiger partial charge in [-0.25, -0.2) is 32.7 Å². The molecule has 3 aromatic rings. The van der Waals surface area contributed by atoms with Crippen molar-refractivity contribution in [2.45, 2.75) is 50.5 Å². The van der Waals surface area contributed by atoms with Crippen LogP contribution in [0.3, 0.4) is 0 Å². The van der Waals surface area contributed by atoms with Gasteiger partial charge < -0.3 is 14.5 Å². The third-order valence-electron chi connectivity index (χ3n) is 6.70. The number of sulfone groups is 1. The zero-order valence-electron chi connectivity index (χ0n) is 21.3. The monoisotopic (exact) mass is 526 g/mol.